The molecule has 2 nitrogen and oxygen atoms in total. The van der Waals surface area contributed by atoms with Gasteiger partial charge >= 0.3 is 5.97 Å². The molecular weight excluding hydrogens is 246 g/mol. The molecular formula is C12H14F2O2S. The van der Waals surface area contributed by atoms with Crippen LogP contribution in [0.15, 0.2) is 29.2 Å². The molecule has 94 valence electrons. The third-order valence-electron chi connectivity index (χ3n) is 2.38. The second-order valence-electron chi connectivity index (χ2n) is 3.63. The number of benzene rings is 1. The molecule has 17 heavy (non-hydrogen) atoms. The minimum Gasteiger partial charge on any atom is -0.481 e. The van der Waals surface area contributed by atoms with Crippen molar-refractivity contribution in [3.63, 3.8) is 0 Å². The molecule has 0 radical (unpaired) electrons. The highest BCUT2D eigenvalue weighted by atomic mass is 32.2. The Balaban J connectivity index is 2.80. The van der Waals surface area contributed by atoms with Gasteiger partial charge in [0.25, 0.3) is 5.76 Å². The minimum absolute atomic E-state index is 0.449. The normalized spacial score (nSPS) is 12.7. The molecule has 0 aliphatic carbocycles. The second kappa shape index (κ2) is 6.59. The van der Waals surface area contributed by atoms with Gasteiger partial charge in [0.2, 0.25) is 0 Å². The second-order valence-corrected chi connectivity index (χ2v) is 4.69. The summed E-state index contributed by atoms with van der Waals surface area (Å²) < 4.78 is 24.2. The summed E-state index contributed by atoms with van der Waals surface area (Å²) in [4.78, 5) is 11.5. The van der Waals surface area contributed by atoms with Crippen molar-refractivity contribution in [2.75, 3.05) is 0 Å². The van der Waals surface area contributed by atoms with E-state index in [-0.39, 0.29) is 0 Å². The van der Waals surface area contributed by atoms with Crippen LogP contribution < -0.4 is 0 Å². The number of hydrogen-bond donors (Lipinski definition) is 1. The van der Waals surface area contributed by atoms with Crippen molar-refractivity contribution < 1.29 is 18.7 Å². The van der Waals surface area contributed by atoms with Gasteiger partial charge in [0.05, 0.1) is 5.92 Å². The van der Waals surface area contributed by atoms with Crippen molar-refractivity contribution in [2.24, 2.45) is 0 Å². The summed E-state index contributed by atoms with van der Waals surface area (Å²) in [6.07, 6.45) is 1.32. The lowest BCUT2D eigenvalue weighted by Crippen LogP contribution is -2.11. The van der Waals surface area contributed by atoms with E-state index in [4.69, 9.17) is 5.11 Å². The molecule has 1 rings (SSSR count). The summed E-state index contributed by atoms with van der Waals surface area (Å²) in [6, 6.07) is 6.30. The zero-order chi connectivity index (χ0) is 12.8. The molecule has 1 aromatic rings. The summed E-state index contributed by atoms with van der Waals surface area (Å²) in [7, 11) is 0. The first kappa shape index (κ1) is 14.0. The number of aliphatic carboxylic acids is 1. The molecule has 1 unspecified atom stereocenters. The molecule has 0 aliphatic heterocycles. The van der Waals surface area contributed by atoms with Gasteiger partial charge in [0.1, 0.15) is 0 Å². The van der Waals surface area contributed by atoms with Crippen LogP contribution in [0.2, 0.25) is 0 Å². The van der Waals surface area contributed by atoms with Gasteiger partial charge in [-0.3, -0.25) is 4.79 Å². The molecule has 0 saturated carbocycles. The van der Waals surface area contributed by atoms with Crippen molar-refractivity contribution in [1.82, 2.24) is 0 Å². The van der Waals surface area contributed by atoms with Crippen molar-refractivity contribution >= 4 is 17.7 Å². The van der Waals surface area contributed by atoms with Gasteiger partial charge < -0.3 is 5.11 Å². The summed E-state index contributed by atoms with van der Waals surface area (Å²) in [5.74, 6) is -3.88. The Morgan fingerprint density at radius 3 is 2.35 bits per heavy atom. The van der Waals surface area contributed by atoms with E-state index in [1.165, 1.54) is 12.1 Å². The first-order valence-electron chi connectivity index (χ1n) is 5.32. The SMILES string of the molecule is CCCC(C(=O)O)c1ccc(SC(F)F)cc1. The van der Waals surface area contributed by atoms with E-state index in [1.54, 1.807) is 12.1 Å². The molecule has 1 aromatic carbocycles. The Hall–Kier alpha value is -1.10. The van der Waals surface area contributed by atoms with Crippen molar-refractivity contribution in [1.29, 1.82) is 0 Å². The topological polar surface area (TPSA) is 37.3 Å². The molecule has 1 N–H and O–H groups in total. The van der Waals surface area contributed by atoms with Crippen LogP contribution in [0.25, 0.3) is 0 Å². The Labute approximate surface area is 103 Å². The van der Waals surface area contributed by atoms with E-state index in [2.05, 4.69) is 0 Å². The van der Waals surface area contributed by atoms with Crippen molar-refractivity contribution in [3.8, 4) is 0 Å². The van der Waals surface area contributed by atoms with Gasteiger partial charge in [0.15, 0.2) is 0 Å². The minimum atomic E-state index is -2.45. The van der Waals surface area contributed by atoms with Crippen LogP contribution >= 0.6 is 11.8 Å². The monoisotopic (exact) mass is 260 g/mol. The van der Waals surface area contributed by atoms with Crippen LogP contribution in [0.3, 0.4) is 0 Å². The highest BCUT2D eigenvalue weighted by Gasteiger charge is 2.18. The van der Waals surface area contributed by atoms with E-state index >= 15 is 0 Å². The molecule has 0 bridgehead atoms. The Bertz CT molecular complexity index is 365. The highest BCUT2D eigenvalue weighted by molar-refractivity contribution is 7.99. The van der Waals surface area contributed by atoms with Gasteiger partial charge in [-0.2, -0.15) is 8.78 Å². The Kier molecular flexibility index (Phi) is 5.41. The smallest absolute Gasteiger partial charge is 0.310 e. The number of alkyl halides is 2. The maximum atomic E-state index is 12.1. The van der Waals surface area contributed by atoms with Crippen LogP contribution in [0.5, 0.6) is 0 Å². The van der Waals surface area contributed by atoms with E-state index in [0.29, 0.717) is 28.6 Å². The largest absolute Gasteiger partial charge is 0.481 e. The fourth-order valence-corrected chi connectivity index (χ4v) is 2.10. The fourth-order valence-electron chi connectivity index (χ4n) is 1.60. The summed E-state index contributed by atoms with van der Waals surface area (Å²) in [5.41, 5.74) is 0.665. The predicted molar refractivity (Wildman–Crippen MR) is 63.6 cm³/mol. The zero-order valence-corrected chi connectivity index (χ0v) is 10.2. The molecule has 0 heterocycles. The first-order valence-corrected chi connectivity index (χ1v) is 6.20. The van der Waals surface area contributed by atoms with Crippen LogP contribution in [-0.4, -0.2) is 16.8 Å². The lowest BCUT2D eigenvalue weighted by atomic mass is 9.95. The number of carboxylic acids is 1. The van der Waals surface area contributed by atoms with E-state index in [1.807, 2.05) is 6.92 Å². The van der Waals surface area contributed by atoms with E-state index in [9.17, 15) is 13.6 Å². The number of hydrogen-bond acceptors (Lipinski definition) is 2. The summed E-state index contributed by atoms with van der Waals surface area (Å²) in [6.45, 7) is 1.91. The van der Waals surface area contributed by atoms with Crippen LogP contribution in [0, 0.1) is 0 Å². The molecule has 0 aromatic heterocycles. The van der Waals surface area contributed by atoms with Crippen molar-refractivity contribution in [3.05, 3.63) is 29.8 Å². The third kappa shape index (κ3) is 4.34. The average Bonchev–Trinajstić information content (AvgIpc) is 2.26. The number of carboxylic acid groups (broad SMARTS) is 1. The average molecular weight is 260 g/mol. The number of carbonyl (C=O) groups is 1. The van der Waals surface area contributed by atoms with Crippen LogP contribution in [0.4, 0.5) is 8.78 Å². The molecule has 5 heteroatoms. The summed E-state index contributed by atoms with van der Waals surface area (Å²) in [5, 5.41) is 9.05. The van der Waals surface area contributed by atoms with E-state index in [0.717, 1.165) is 6.42 Å². The van der Waals surface area contributed by atoms with Crippen molar-refractivity contribution in [2.45, 2.75) is 36.3 Å². The molecule has 0 spiro atoms. The maximum Gasteiger partial charge on any atom is 0.310 e. The molecule has 1 atom stereocenters. The third-order valence-corrected chi connectivity index (χ3v) is 3.11. The van der Waals surface area contributed by atoms with Gasteiger partial charge in [-0.1, -0.05) is 37.2 Å². The Morgan fingerprint density at radius 1 is 1.35 bits per heavy atom. The molecule has 0 saturated heterocycles. The number of rotatable bonds is 6. The fraction of sp³-hybridized carbons (Fsp3) is 0.417. The molecule has 0 fully saturated rings. The van der Waals surface area contributed by atoms with Gasteiger partial charge in [-0.25, -0.2) is 0 Å². The van der Waals surface area contributed by atoms with Gasteiger partial charge in [-0.05, 0) is 24.1 Å². The quantitative estimate of drug-likeness (QED) is 0.786. The zero-order valence-electron chi connectivity index (χ0n) is 9.40. The summed E-state index contributed by atoms with van der Waals surface area (Å²) >= 11 is 0.460. The van der Waals surface area contributed by atoms with E-state index < -0.39 is 17.6 Å². The standard InChI is InChI=1S/C12H14F2O2S/c1-2-3-10(11(15)16)8-4-6-9(7-5-8)17-12(13)14/h4-7,10,12H,2-3H2,1H3,(H,15,16). The van der Waals surface area contributed by atoms with Crippen LogP contribution in [-0.2, 0) is 4.79 Å². The maximum absolute atomic E-state index is 12.1. The lowest BCUT2D eigenvalue weighted by Gasteiger charge is -2.11. The lowest BCUT2D eigenvalue weighted by molar-refractivity contribution is -0.139. The highest BCUT2D eigenvalue weighted by Crippen LogP contribution is 2.28. The molecule has 0 aliphatic rings. The van der Waals surface area contributed by atoms with Gasteiger partial charge in [0, 0.05) is 4.90 Å². The first-order chi connectivity index (χ1) is 8.04. The number of thioether (sulfide) groups is 1. The van der Waals surface area contributed by atoms with Gasteiger partial charge in [-0.15, -0.1) is 0 Å². The number of halogens is 2. The van der Waals surface area contributed by atoms with Crippen LogP contribution in [0.1, 0.15) is 31.2 Å². The Morgan fingerprint density at radius 2 is 1.94 bits per heavy atom. The predicted octanol–water partition coefficient (Wildman–Crippen LogP) is 3.97. The molecule has 0 amide bonds.